The van der Waals surface area contributed by atoms with Crippen molar-refractivity contribution in [3.8, 4) is 11.1 Å². The number of hydrogen-bond donors (Lipinski definition) is 1. The minimum Gasteiger partial charge on any atom is -0.350 e. The summed E-state index contributed by atoms with van der Waals surface area (Å²) in [6.07, 6.45) is 3.82. The Labute approximate surface area is 107 Å². The molecule has 18 heavy (non-hydrogen) atoms. The molecule has 0 spiro atoms. The molecule has 1 N–H and O–H groups in total. The number of nitrogens with zero attached hydrogens (tertiary/aromatic N) is 2. The summed E-state index contributed by atoms with van der Waals surface area (Å²) in [6.45, 7) is 3.50. The molecule has 0 radical (unpaired) electrons. The van der Waals surface area contributed by atoms with E-state index in [9.17, 15) is 4.79 Å². The summed E-state index contributed by atoms with van der Waals surface area (Å²) in [5.41, 5.74) is 3.32. The first-order chi connectivity index (χ1) is 8.56. The molecule has 94 valence electrons. The van der Waals surface area contributed by atoms with Gasteiger partial charge in [0.2, 0.25) is 5.91 Å². The van der Waals surface area contributed by atoms with E-state index in [0.717, 1.165) is 16.7 Å². The van der Waals surface area contributed by atoms with Crippen molar-refractivity contribution in [1.82, 2.24) is 15.1 Å². The number of rotatable bonds is 3. The summed E-state index contributed by atoms with van der Waals surface area (Å²) in [5, 5.41) is 7.02. The largest absolute Gasteiger partial charge is 0.350 e. The maximum atomic E-state index is 11.0. The normalized spacial score (nSPS) is 12.2. The summed E-state index contributed by atoms with van der Waals surface area (Å²) in [6, 6.07) is 8.19. The maximum Gasteiger partial charge on any atom is 0.217 e. The molecule has 1 aromatic carbocycles. The van der Waals surface area contributed by atoms with Gasteiger partial charge in [-0.15, -0.1) is 0 Å². The molecule has 4 heteroatoms. The van der Waals surface area contributed by atoms with Gasteiger partial charge in [0.25, 0.3) is 0 Å². The van der Waals surface area contributed by atoms with Gasteiger partial charge < -0.3 is 5.32 Å². The molecule has 1 aromatic heterocycles. The molecule has 0 aliphatic heterocycles. The molecule has 0 fully saturated rings. The molecule has 1 unspecified atom stereocenters. The fraction of sp³-hybridized carbons (Fsp3) is 0.286. The zero-order valence-electron chi connectivity index (χ0n) is 10.8. The van der Waals surface area contributed by atoms with E-state index in [1.807, 2.05) is 50.6 Å². The third kappa shape index (κ3) is 2.77. The van der Waals surface area contributed by atoms with E-state index in [4.69, 9.17) is 0 Å². The van der Waals surface area contributed by atoms with Gasteiger partial charge in [0, 0.05) is 25.7 Å². The molecular weight excluding hydrogens is 226 g/mol. The van der Waals surface area contributed by atoms with E-state index >= 15 is 0 Å². The van der Waals surface area contributed by atoms with Gasteiger partial charge in [0.05, 0.1) is 12.2 Å². The fourth-order valence-electron chi connectivity index (χ4n) is 1.92. The van der Waals surface area contributed by atoms with Crippen molar-refractivity contribution in [3.05, 3.63) is 42.2 Å². The van der Waals surface area contributed by atoms with E-state index in [1.165, 1.54) is 6.92 Å². The van der Waals surface area contributed by atoms with E-state index in [1.54, 1.807) is 4.68 Å². The van der Waals surface area contributed by atoms with Crippen molar-refractivity contribution in [2.45, 2.75) is 19.9 Å². The van der Waals surface area contributed by atoms with Gasteiger partial charge in [-0.3, -0.25) is 9.48 Å². The molecule has 0 aliphatic rings. The molecule has 1 atom stereocenters. The highest BCUT2D eigenvalue weighted by atomic mass is 16.1. The average Bonchev–Trinajstić information content (AvgIpc) is 2.75. The van der Waals surface area contributed by atoms with Crippen molar-refractivity contribution >= 4 is 5.91 Å². The molecule has 0 bridgehead atoms. The molecule has 4 nitrogen and oxygen atoms in total. The third-order valence-electron chi connectivity index (χ3n) is 2.87. The van der Waals surface area contributed by atoms with E-state index in [-0.39, 0.29) is 11.9 Å². The summed E-state index contributed by atoms with van der Waals surface area (Å²) >= 11 is 0. The van der Waals surface area contributed by atoms with Crippen molar-refractivity contribution in [2.24, 2.45) is 7.05 Å². The lowest BCUT2D eigenvalue weighted by Gasteiger charge is -2.13. The van der Waals surface area contributed by atoms with Gasteiger partial charge in [0.15, 0.2) is 0 Å². The van der Waals surface area contributed by atoms with Gasteiger partial charge in [-0.2, -0.15) is 5.10 Å². The Balaban J connectivity index is 2.17. The SMILES string of the molecule is CC(=O)NC(C)c1ccc(-c2cnn(C)c2)cc1. The van der Waals surface area contributed by atoms with Crippen LogP contribution in [0.25, 0.3) is 11.1 Å². The fourth-order valence-corrected chi connectivity index (χ4v) is 1.92. The molecular formula is C14H17N3O. The Morgan fingerprint density at radius 3 is 2.44 bits per heavy atom. The van der Waals surface area contributed by atoms with Gasteiger partial charge in [0.1, 0.15) is 0 Å². The summed E-state index contributed by atoms with van der Waals surface area (Å²) in [4.78, 5) is 11.0. The third-order valence-corrected chi connectivity index (χ3v) is 2.87. The molecule has 0 saturated carbocycles. The molecule has 2 aromatic rings. The number of benzene rings is 1. The Morgan fingerprint density at radius 2 is 1.94 bits per heavy atom. The second-order valence-corrected chi connectivity index (χ2v) is 4.45. The molecule has 0 saturated heterocycles. The first-order valence-corrected chi connectivity index (χ1v) is 5.92. The van der Waals surface area contributed by atoms with Crippen molar-refractivity contribution in [1.29, 1.82) is 0 Å². The topological polar surface area (TPSA) is 46.9 Å². The standard InChI is InChI=1S/C14H17N3O/c1-10(16-11(2)18)12-4-6-13(7-5-12)14-8-15-17(3)9-14/h4-10H,1-3H3,(H,16,18). The average molecular weight is 243 g/mol. The number of carbonyl (C=O) groups excluding carboxylic acids is 1. The summed E-state index contributed by atoms with van der Waals surface area (Å²) in [5.74, 6) is -0.0150. The maximum absolute atomic E-state index is 11.0. The van der Waals surface area contributed by atoms with E-state index in [0.29, 0.717) is 0 Å². The smallest absolute Gasteiger partial charge is 0.217 e. The van der Waals surface area contributed by atoms with Crippen LogP contribution in [-0.2, 0) is 11.8 Å². The lowest BCUT2D eigenvalue weighted by molar-refractivity contribution is -0.119. The second kappa shape index (κ2) is 5.04. The molecule has 1 heterocycles. The predicted octanol–water partition coefficient (Wildman–Crippen LogP) is 2.28. The van der Waals surface area contributed by atoms with Gasteiger partial charge in [-0.25, -0.2) is 0 Å². The number of hydrogen-bond acceptors (Lipinski definition) is 2. The zero-order valence-corrected chi connectivity index (χ0v) is 10.8. The Kier molecular flexibility index (Phi) is 3.46. The molecule has 0 aliphatic carbocycles. The highest BCUT2D eigenvalue weighted by Gasteiger charge is 2.07. The van der Waals surface area contributed by atoms with Crippen LogP contribution in [0.1, 0.15) is 25.5 Å². The van der Waals surface area contributed by atoms with Gasteiger partial charge in [-0.1, -0.05) is 24.3 Å². The Hall–Kier alpha value is -2.10. The Morgan fingerprint density at radius 1 is 1.28 bits per heavy atom. The molecule has 2 rings (SSSR count). The van der Waals surface area contributed by atoms with E-state index < -0.39 is 0 Å². The van der Waals surface area contributed by atoms with Crippen LogP contribution in [0.2, 0.25) is 0 Å². The lowest BCUT2D eigenvalue weighted by atomic mass is 10.0. The minimum atomic E-state index is -0.0150. The van der Waals surface area contributed by atoms with Crippen LogP contribution in [0.3, 0.4) is 0 Å². The van der Waals surface area contributed by atoms with Gasteiger partial charge in [-0.05, 0) is 18.1 Å². The van der Waals surface area contributed by atoms with Crippen LogP contribution in [0, 0.1) is 0 Å². The number of carbonyl (C=O) groups is 1. The quantitative estimate of drug-likeness (QED) is 0.899. The van der Waals surface area contributed by atoms with Crippen LogP contribution < -0.4 is 5.32 Å². The highest BCUT2D eigenvalue weighted by molar-refractivity contribution is 5.73. The first kappa shape index (κ1) is 12.4. The van der Waals surface area contributed by atoms with Gasteiger partial charge >= 0.3 is 0 Å². The van der Waals surface area contributed by atoms with Crippen LogP contribution >= 0.6 is 0 Å². The molecule has 1 amide bonds. The number of aryl methyl sites for hydroxylation is 1. The van der Waals surface area contributed by atoms with Crippen molar-refractivity contribution in [2.75, 3.05) is 0 Å². The zero-order chi connectivity index (χ0) is 13.1. The number of nitrogens with one attached hydrogen (secondary N) is 1. The Bertz CT molecular complexity index is 542. The highest BCUT2D eigenvalue weighted by Crippen LogP contribution is 2.21. The van der Waals surface area contributed by atoms with Crippen molar-refractivity contribution in [3.63, 3.8) is 0 Å². The van der Waals surface area contributed by atoms with E-state index in [2.05, 4.69) is 10.4 Å². The summed E-state index contributed by atoms with van der Waals surface area (Å²) < 4.78 is 1.78. The lowest BCUT2D eigenvalue weighted by Crippen LogP contribution is -2.23. The predicted molar refractivity (Wildman–Crippen MR) is 70.9 cm³/mol. The minimum absolute atomic E-state index is 0.0150. The monoisotopic (exact) mass is 243 g/mol. The van der Waals surface area contributed by atoms with Crippen LogP contribution in [0.15, 0.2) is 36.7 Å². The van der Waals surface area contributed by atoms with Crippen LogP contribution in [0.5, 0.6) is 0 Å². The van der Waals surface area contributed by atoms with Crippen LogP contribution in [-0.4, -0.2) is 15.7 Å². The number of amides is 1. The van der Waals surface area contributed by atoms with Crippen LogP contribution in [0.4, 0.5) is 0 Å². The first-order valence-electron chi connectivity index (χ1n) is 5.92. The second-order valence-electron chi connectivity index (χ2n) is 4.45. The summed E-state index contributed by atoms with van der Waals surface area (Å²) in [7, 11) is 1.90. The van der Waals surface area contributed by atoms with Crippen molar-refractivity contribution < 1.29 is 4.79 Å². The number of aromatic nitrogens is 2.